The standard InChI is InChI=1S/C16H24ClN3O/c1-11-7-12(2)10-20(9-11)6-5-16(21)19-15-8-13(17)3-4-14(15)18/h3-4,8,11-12H,5-7,9-10,18H2,1-2H3,(H,19,21). The summed E-state index contributed by atoms with van der Waals surface area (Å²) in [4.78, 5) is 14.4. The zero-order chi connectivity index (χ0) is 15.4. The third-order valence-corrected chi connectivity index (χ3v) is 4.12. The molecule has 0 aliphatic carbocycles. The van der Waals surface area contributed by atoms with Gasteiger partial charge in [-0.15, -0.1) is 0 Å². The minimum Gasteiger partial charge on any atom is -0.397 e. The molecule has 21 heavy (non-hydrogen) atoms. The molecule has 1 saturated heterocycles. The van der Waals surface area contributed by atoms with Crippen molar-refractivity contribution in [2.45, 2.75) is 26.7 Å². The molecule has 1 amide bonds. The molecule has 0 saturated carbocycles. The molecule has 1 aliphatic heterocycles. The second-order valence-electron chi connectivity index (χ2n) is 6.24. The SMILES string of the molecule is CC1CC(C)CN(CCC(=O)Nc2cc(Cl)ccc2N)C1. The van der Waals surface area contributed by atoms with Gasteiger partial charge in [0.05, 0.1) is 11.4 Å². The molecule has 2 atom stereocenters. The molecule has 1 heterocycles. The summed E-state index contributed by atoms with van der Waals surface area (Å²) in [5, 5.41) is 3.41. The second-order valence-corrected chi connectivity index (χ2v) is 6.67. The highest BCUT2D eigenvalue weighted by Gasteiger charge is 2.21. The minimum absolute atomic E-state index is 0.0187. The van der Waals surface area contributed by atoms with Crippen LogP contribution in [0.3, 0.4) is 0 Å². The number of likely N-dealkylation sites (tertiary alicyclic amines) is 1. The molecule has 116 valence electrons. The van der Waals surface area contributed by atoms with E-state index >= 15 is 0 Å². The molecule has 1 aromatic carbocycles. The van der Waals surface area contributed by atoms with Crippen LogP contribution >= 0.6 is 11.6 Å². The average molecular weight is 310 g/mol. The maximum atomic E-state index is 12.0. The van der Waals surface area contributed by atoms with Crippen molar-refractivity contribution in [3.8, 4) is 0 Å². The predicted molar refractivity (Wildman–Crippen MR) is 88.5 cm³/mol. The van der Waals surface area contributed by atoms with Crippen molar-refractivity contribution in [1.29, 1.82) is 0 Å². The van der Waals surface area contributed by atoms with Crippen LogP contribution in [0.2, 0.25) is 5.02 Å². The van der Waals surface area contributed by atoms with Gasteiger partial charge in [-0.25, -0.2) is 0 Å². The minimum atomic E-state index is -0.0187. The van der Waals surface area contributed by atoms with E-state index in [1.807, 2.05) is 0 Å². The molecular formula is C16H24ClN3O. The maximum absolute atomic E-state index is 12.0. The van der Waals surface area contributed by atoms with Gasteiger partial charge in [0.1, 0.15) is 0 Å². The number of nitrogens with two attached hydrogens (primary N) is 1. The van der Waals surface area contributed by atoms with E-state index < -0.39 is 0 Å². The van der Waals surface area contributed by atoms with Crippen molar-refractivity contribution in [2.24, 2.45) is 11.8 Å². The summed E-state index contributed by atoms with van der Waals surface area (Å²) in [7, 11) is 0. The van der Waals surface area contributed by atoms with Gasteiger partial charge >= 0.3 is 0 Å². The largest absolute Gasteiger partial charge is 0.397 e. The number of carbonyl (C=O) groups is 1. The van der Waals surface area contributed by atoms with Crippen LogP contribution < -0.4 is 11.1 Å². The lowest BCUT2D eigenvalue weighted by molar-refractivity contribution is -0.116. The molecule has 0 aromatic heterocycles. The van der Waals surface area contributed by atoms with Crippen molar-refractivity contribution >= 4 is 28.9 Å². The third-order valence-electron chi connectivity index (χ3n) is 3.89. The average Bonchev–Trinajstić information content (AvgIpc) is 2.40. The Hall–Kier alpha value is -1.26. The summed E-state index contributed by atoms with van der Waals surface area (Å²) < 4.78 is 0. The quantitative estimate of drug-likeness (QED) is 0.840. The number of benzene rings is 1. The molecule has 4 nitrogen and oxygen atoms in total. The van der Waals surface area contributed by atoms with Crippen molar-refractivity contribution in [2.75, 3.05) is 30.7 Å². The number of nitrogens with one attached hydrogen (secondary N) is 1. The number of halogens is 1. The highest BCUT2D eigenvalue weighted by molar-refractivity contribution is 6.31. The van der Waals surface area contributed by atoms with E-state index in [0.717, 1.165) is 19.6 Å². The van der Waals surface area contributed by atoms with Crippen LogP contribution in [0.25, 0.3) is 0 Å². The Morgan fingerprint density at radius 1 is 1.38 bits per heavy atom. The smallest absolute Gasteiger partial charge is 0.225 e. The maximum Gasteiger partial charge on any atom is 0.225 e. The number of carbonyl (C=O) groups excluding carboxylic acids is 1. The van der Waals surface area contributed by atoms with Gasteiger partial charge in [0.25, 0.3) is 0 Å². The second kappa shape index (κ2) is 7.14. The van der Waals surface area contributed by atoms with Crippen molar-refractivity contribution in [1.82, 2.24) is 4.90 Å². The van der Waals surface area contributed by atoms with Gasteiger partial charge in [0.2, 0.25) is 5.91 Å². The first-order chi connectivity index (χ1) is 9.94. The number of piperidine rings is 1. The van der Waals surface area contributed by atoms with Crippen LogP contribution in [-0.4, -0.2) is 30.4 Å². The fourth-order valence-corrected chi connectivity index (χ4v) is 3.26. The van der Waals surface area contributed by atoms with Gasteiger partial charge < -0.3 is 16.0 Å². The summed E-state index contributed by atoms with van der Waals surface area (Å²) >= 11 is 5.92. The monoisotopic (exact) mass is 309 g/mol. The predicted octanol–water partition coefficient (Wildman–Crippen LogP) is 3.23. The number of nitrogen functional groups attached to an aromatic ring is 1. The van der Waals surface area contributed by atoms with Gasteiger partial charge in [0.15, 0.2) is 0 Å². The fourth-order valence-electron chi connectivity index (χ4n) is 3.08. The number of hydrogen-bond donors (Lipinski definition) is 2. The summed E-state index contributed by atoms with van der Waals surface area (Å²) in [6.07, 6.45) is 1.76. The molecule has 0 radical (unpaired) electrons. The molecule has 0 bridgehead atoms. The molecule has 2 rings (SSSR count). The van der Waals surface area contributed by atoms with E-state index in [1.165, 1.54) is 6.42 Å². The number of hydrogen-bond acceptors (Lipinski definition) is 3. The first-order valence-electron chi connectivity index (χ1n) is 7.51. The number of anilines is 2. The van der Waals surface area contributed by atoms with Crippen LogP contribution in [0.5, 0.6) is 0 Å². The van der Waals surface area contributed by atoms with E-state index in [4.69, 9.17) is 17.3 Å². The van der Waals surface area contributed by atoms with Crippen molar-refractivity contribution in [3.63, 3.8) is 0 Å². The Labute approximate surface area is 131 Å². The lowest BCUT2D eigenvalue weighted by Gasteiger charge is -2.34. The van der Waals surface area contributed by atoms with Crippen molar-refractivity contribution < 1.29 is 4.79 Å². The number of nitrogens with zero attached hydrogens (tertiary/aromatic N) is 1. The van der Waals surface area contributed by atoms with Gasteiger partial charge in [0, 0.05) is 31.1 Å². The van der Waals surface area contributed by atoms with Gasteiger partial charge in [-0.3, -0.25) is 4.79 Å². The molecule has 3 N–H and O–H groups in total. The Morgan fingerprint density at radius 3 is 2.71 bits per heavy atom. The van der Waals surface area contributed by atoms with E-state index in [9.17, 15) is 4.79 Å². The van der Waals surface area contributed by atoms with Crippen LogP contribution in [-0.2, 0) is 4.79 Å². The molecule has 1 fully saturated rings. The lowest BCUT2D eigenvalue weighted by atomic mass is 9.92. The third kappa shape index (κ3) is 4.90. The van der Waals surface area contributed by atoms with Crippen LogP contribution in [0, 0.1) is 11.8 Å². The van der Waals surface area contributed by atoms with Crippen LogP contribution in [0.15, 0.2) is 18.2 Å². The zero-order valence-corrected chi connectivity index (χ0v) is 13.5. The highest BCUT2D eigenvalue weighted by Crippen LogP contribution is 2.23. The molecule has 5 heteroatoms. The van der Waals surface area contributed by atoms with Gasteiger partial charge in [-0.1, -0.05) is 25.4 Å². The number of amides is 1. The Morgan fingerprint density at radius 2 is 2.05 bits per heavy atom. The Balaban J connectivity index is 1.83. The zero-order valence-electron chi connectivity index (χ0n) is 12.7. The molecule has 1 aliphatic rings. The molecule has 2 unspecified atom stereocenters. The van der Waals surface area contributed by atoms with Crippen LogP contribution in [0.1, 0.15) is 26.7 Å². The fraction of sp³-hybridized carbons (Fsp3) is 0.562. The van der Waals surface area contributed by atoms with E-state index in [-0.39, 0.29) is 5.91 Å². The topological polar surface area (TPSA) is 58.4 Å². The van der Waals surface area contributed by atoms with E-state index in [2.05, 4.69) is 24.1 Å². The Kier molecular flexibility index (Phi) is 5.48. The summed E-state index contributed by atoms with van der Waals surface area (Å²) in [6, 6.07) is 5.09. The highest BCUT2D eigenvalue weighted by atomic mass is 35.5. The summed E-state index contributed by atoms with van der Waals surface area (Å²) in [5.74, 6) is 1.40. The molecule has 1 aromatic rings. The normalized spacial score (nSPS) is 23.0. The first-order valence-corrected chi connectivity index (χ1v) is 7.89. The van der Waals surface area contributed by atoms with Gasteiger partial charge in [-0.05, 0) is 36.5 Å². The first kappa shape index (κ1) is 16.1. The van der Waals surface area contributed by atoms with Crippen molar-refractivity contribution in [3.05, 3.63) is 23.2 Å². The molecule has 0 spiro atoms. The summed E-state index contributed by atoms with van der Waals surface area (Å²) in [5.41, 5.74) is 6.96. The summed E-state index contributed by atoms with van der Waals surface area (Å²) in [6.45, 7) is 7.50. The van der Waals surface area contributed by atoms with E-state index in [0.29, 0.717) is 34.7 Å². The number of rotatable bonds is 4. The Bertz CT molecular complexity index is 496. The van der Waals surface area contributed by atoms with Crippen LogP contribution in [0.4, 0.5) is 11.4 Å². The molecular weight excluding hydrogens is 286 g/mol. The van der Waals surface area contributed by atoms with E-state index in [1.54, 1.807) is 18.2 Å². The van der Waals surface area contributed by atoms with Gasteiger partial charge in [-0.2, -0.15) is 0 Å². The lowest BCUT2D eigenvalue weighted by Crippen LogP contribution is -2.40.